The van der Waals surface area contributed by atoms with E-state index in [4.69, 9.17) is 40.2 Å². The summed E-state index contributed by atoms with van der Waals surface area (Å²) >= 11 is 19.4. The van der Waals surface area contributed by atoms with Crippen LogP contribution in [0.25, 0.3) is 0 Å². The first-order valence-electron chi connectivity index (χ1n) is 9.91. The standard InChI is InChI=1S/C21H23Cl2N3O2S2/c1-28-20(27)18-14-3-2-4-17(14)30-19(18)24-21(29)26-9-7-25(8-10-26)12-13-5-6-15(22)16(23)11-13/h5-6,11H,2-4,7-10,12H2,1H3,(H,24,29). The molecule has 0 amide bonds. The van der Waals surface area contributed by atoms with Crippen molar-refractivity contribution in [2.75, 3.05) is 38.6 Å². The quantitative estimate of drug-likeness (QED) is 0.495. The first kappa shape index (κ1) is 21.8. The summed E-state index contributed by atoms with van der Waals surface area (Å²) in [6.07, 6.45) is 3.04. The van der Waals surface area contributed by atoms with Crippen LogP contribution in [0.1, 0.15) is 32.8 Å². The number of nitrogens with one attached hydrogen (secondary N) is 1. The largest absolute Gasteiger partial charge is 0.465 e. The summed E-state index contributed by atoms with van der Waals surface area (Å²) in [5.74, 6) is -0.286. The van der Waals surface area contributed by atoms with Gasteiger partial charge in [0.15, 0.2) is 5.11 Å². The molecule has 2 aliphatic rings. The maximum absolute atomic E-state index is 12.3. The molecule has 1 aliphatic heterocycles. The average Bonchev–Trinajstić information content (AvgIpc) is 3.31. The molecule has 160 valence electrons. The third-order valence-corrected chi connectivity index (χ3v) is 7.89. The van der Waals surface area contributed by atoms with E-state index in [0.717, 1.165) is 68.1 Å². The molecule has 9 heteroatoms. The topological polar surface area (TPSA) is 44.8 Å². The second-order valence-corrected chi connectivity index (χ2v) is 9.80. The highest BCUT2D eigenvalue weighted by molar-refractivity contribution is 7.80. The molecule has 4 rings (SSSR count). The van der Waals surface area contributed by atoms with Crippen LogP contribution in [0.4, 0.5) is 5.00 Å². The van der Waals surface area contributed by atoms with Crippen molar-refractivity contribution in [1.82, 2.24) is 9.80 Å². The lowest BCUT2D eigenvalue weighted by Gasteiger charge is -2.36. The summed E-state index contributed by atoms with van der Waals surface area (Å²) in [6.45, 7) is 4.27. The maximum atomic E-state index is 12.3. The van der Waals surface area contributed by atoms with Crippen molar-refractivity contribution in [3.05, 3.63) is 49.8 Å². The fourth-order valence-corrected chi connectivity index (χ4v) is 5.94. The van der Waals surface area contributed by atoms with Crippen LogP contribution in [-0.2, 0) is 24.1 Å². The molecule has 1 aliphatic carbocycles. The van der Waals surface area contributed by atoms with Gasteiger partial charge in [0.1, 0.15) is 5.00 Å². The Kier molecular flexibility index (Phi) is 6.85. The number of thiocarbonyl (C=S) groups is 1. The van der Waals surface area contributed by atoms with E-state index in [2.05, 4.69) is 15.1 Å². The van der Waals surface area contributed by atoms with Gasteiger partial charge in [-0.05, 0) is 54.7 Å². The molecule has 0 bridgehead atoms. The highest BCUT2D eigenvalue weighted by Crippen LogP contribution is 2.39. The monoisotopic (exact) mass is 483 g/mol. The normalized spacial score (nSPS) is 16.4. The van der Waals surface area contributed by atoms with Gasteiger partial charge in [-0.2, -0.15) is 0 Å². The molecular weight excluding hydrogens is 461 g/mol. The predicted molar refractivity (Wildman–Crippen MR) is 127 cm³/mol. The Hall–Kier alpha value is -1.38. The number of benzene rings is 1. The van der Waals surface area contributed by atoms with E-state index in [0.29, 0.717) is 20.7 Å². The van der Waals surface area contributed by atoms with Crippen LogP contribution in [0.5, 0.6) is 0 Å². The Morgan fingerprint density at radius 3 is 2.67 bits per heavy atom. The van der Waals surface area contributed by atoms with Gasteiger partial charge in [0, 0.05) is 37.6 Å². The summed E-state index contributed by atoms with van der Waals surface area (Å²) in [4.78, 5) is 18.1. The number of methoxy groups -OCH3 is 1. The third-order valence-electron chi connectivity index (χ3n) is 5.58. The molecule has 1 saturated heterocycles. The van der Waals surface area contributed by atoms with Crippen LogP contribution < -0.4 is 5.32 Å². The zero-order valence-corrected chi connectivity index (χ0v) is 19.8. The van der Waals surface area contributed by atoms with Crippen molar-refractivity contribution in [2.24, 2.45) is 0 Å². The van der Waals surface area contributed by atoms with Gasteiger partial charge in [-0.25, -0.2) is 4.79 Å². The number of rotatable bonds is 4. The second kappa shape index (κ2) is 9.40. The van der Waals surface area contributed by atoms with Gasteiger partial charge >= 0.3 is 5.97 Å². The molecule has 0 saturated carbocycles. The number of esters is 1. The first-order valence-corrected chi connectivity index (χ1v) is 11.9. The van der Waals surface area contributed by atoms with Crippen molar-refractivity contribution in [1.29, 1.82) is 0 Å². The van der Waals surface area contributed by atoms with Crippen molar-refractivity contribution in [3.8, 4) is 0 Å². The Bertz CT molecular complexity index is 971. The number of anilines is 1. The smallest absolute Gasteiger partial charge is 0.341 e. The van der Waals surface area contributed by atoms with Gasteiger partial charge in [0.25, 0.3) is 0 Å². The van der Waals surface area contributed by atoms with E-state index in [-0.39, 0.29) is 5.97 Å². The molecule has 1 aromatic heterocycles. The molecule has 5 nitrogen and oxygen atoms in total. The molecule has 0 spiro atoms. The molecule has 2 heterocycles. The molecule has 2 aromatic rings. The number of hydrogen-bond donors (Lipinski definition) is 1. The van der Waals surface area contributed by atoms with Crippen LogP contribution in [0, 0.1) is 0 Å². The van der Waals surface area contributed by atoms with Crippen molar-refractivity contribution in [3.63, 3.8) is 0 Å². The van der Waals surface area contributed by atoms with Crippen LogP contribution in [0.2, 0.25) is 10.0 Å². The number of ether oxygens (including phenoxy) is 1. The van der Waals surface area contributed by atoms with Gasteiger partial charge in [-0.1, -0.05) is 29.3 Å². The lowest BCUT2D eigenvalue weighted by molar-refractivity contribution is 0.0601. The van der Waals surface area contributed by atoms with Gasteiger partial charge in [0.05, 0.1) is 22.7 Å². The van der Waals surface area contributed by atoms with Crippen LogP contribution in [-0.4, -0.2) is 54.2 Å². The molecule has 0 unspecified atom stereocenters. The van der Waals surface area contributed by atoms with Crippen LogP contribution >= 0.6 is 46.8 Å². The zero-order chi connectivity index (χ0) is 21.3. The molecule has 30 heavy (non-hydrogen) atoms. The Balaban J connectivity index is 1.36. The summed E-state index contributed by atoms with van der Waals surface area (Å²) in [7, 11) is 1.43. The highest BCUT2D eigenvalue weighted by Gasteiger charge is 2.28. The second-order valence-electron chi connectivity index (χ2n) is 7.49. The number of carbonyl (C=O) groups is 1. The number of halogens is 2. The van der Waals surface area contributed by atoms with Crippen LogP contribution in [0.3, 0.4) is 0 Å². The number of nitrogens with zero attached hydrogens (tertiary/aromatic N) is 2. The average molecular weight is 484 g/mol. The zero-order valence-electron chi connectivity index (χ0n) is 16.7. The fraction of sp³-hybridized carbons (Fsp3) is 0.429. The van der Waals surface area contributed by atoms with Crippen molar-refractivity contribution in [2.45, 2.75) is 25.8 Å². The number of carbonyl (C=O) groups excluding carboxylic acids is 1. The predicted octanol–water partition coefficient (Wildman–Crippen LogP) is 4.84. The van der Waals surface area contributed by atoms with Gasteiger partial charge in [-0.3, -0.25) is 4.90 Å². The number of fused-ring (bicyclic) bond motifs is 1. The first-order chi connectivity index (χ1) is 14.5. The van der Waals surface area contributed by atoms with E-state index in [1.165, 1.54) is 12.0 Å². The van der Waals surface area contributed by atoms with Gasteiger partial charge < -0.3 is 15.0 Å². The van der Waals surface area contributed by atoms with Crippen molar-refractivity contribution < 1.29 is 9.53 Å². The molecular formula is C21H23Cl2N3O2S2. The third kappa shape index (κ3) is 4.60. The lowest BCUT2D eigenvalue weighted by Crippen LogP contribution is -2.49. The van der Waals surface area contributed by atoms with E-state index in [9.17, 15) is 4.79 Å². The minimum Gasteiger partial charge on any atom is -0.465 e. The maximum Gasteiger partial charge on any atom is 0.341 e. The van der Waals surface area contributed by atoms with E-state index >= 15 is 0 Å². The Morgan fingerprint density at radius 2 is 1.97 bits per heavy atom. The van der Waals surface area contributed by atoms with Crippen LogP contribution in [0.15, 0.2) is 18.2 Å². The van der Waals surface area contributed by atoms with Gasteiger partial charge in [0.2, 0.25) is 0 Å². The summed E-state index contributed by atoms with van der Waals surface area (Å²) in [5.41, 5.74) is 2.94. The van der Waals surface area contributed by atoms with E-state index < -0.39 is 0 Å². The highest BCUT2D eigenvalue weighted by atomic mass is 35.5. The number of piperazine rings is 1. The SMILES string of the molecule is COC(=O)c1c(NC(=S)N2CCN(Cc3ccc(Cl)c(Cl)c3)CC2)sc2c1CCC2. The lowest BCUT2D eigenvalue weighted by atomic mass is 10.1. The number of aryl methyl sites for hydroxylation is 1. The molecule has 0 radical (unpaired) electrons. The molecule has 1 N–H and O–H groups in total. The van der Waals surface area contributed by atoms with Gasteiger partial charge in [-0.15, -0.1) is 11.3 Å². The summed E-state index contributed by atoms with van der Waals surface area (Å²) < 4.78 is 5.02. The minimum atomic E-state index is -0.286. The minimum absolute atomic E-state index is 0.286. The Labute approximate surface area is 195 Å². The molecule has 1 fully saturated rings. The Morgan fingerprint density at radius 1 is 1.20 bits per heavy atom. The van der Waals surface area contributed by atoms with E-state index in [1.54, 1.807) is 11.3 Å². The van der Waals surface area contributed by atoms with E-state index in [1.807, 2.05) is 18.2 Å². The summed E-state index contributed by atoms with van der Waals surface area (Å²) in [6, 6.07) is 5.77. The molecule has 1 aromatic carbocycles. The fourth-order valence-electron chi connectivity index (χ4n) is 3.99. The number of thiophene rings is 1. The van der Waals surface area contributed by atoms with Crippen molar-refractivity contribution >= 4 is 62.8 Å². The summed E-state index contributed by atoms with van der Waals surface area (Å²) in [5, 5.41) is 5.97. The number of hydrogen-bond acceptors (Lipinski definition) is 5. The molecule has 0 atom stereocenters.